The van der Waals surface area contributed by atoms with Gasteiger partial charge < -0.3 is 14.6 Å². The molecule has 2 aromatic heterocycles. The topological polar surface area (TPSA) is 69.0 Å². The van der Waals surface area contributed by atoms with Crippen molar-refractivity contribution in [3.8, 4) is 5.88 Å². The summed E-state index contributed by atoms with van der Waals surface area (Å²) in [4.78, 5) is 19.1. The highest BCUT2D eigenvalue weighted by molar-refractivity contribution is 6.31. The van der Waals surface area contributed by atoms with Crippen molar-refractivity contribution in [3.63, 3.8) is 0 Å². The number of hydrogen-bond acceptors (Lipinski definition) is 4. The number of ether oxygens (including phenoxy) is 1. The minimum Gasteiger partial charge on any atom is -0.475 e. The summed E-state index contributed by atoms with van der Waals surface area (Å²) < 4.78 is 44.1. The Morgan fingerprint density at radius 2 is 2.17 bits per heavy atom. The van der Waals surface area contributed by atoms with Crippen LogP contribution in [0, 0.1) is 0 Å². The number of nitrogens with zero attached hydrogens (tertiary/aromatic N) is 3. The fraction of sp³-hybridized carbons (Fsp3) is 0.308. The van der Waals surface area contributed by atoms with Gasteiger partial charge in [0.2, 0.25) is 5.88 Å². The van der Waals surface area contributed by atoms with Crippen molar-refractivity contribution in [2.24, 2.45) is 7.05 Å². The smallest absolute Gasteiger partial charge is 0.417 e. The van der Waals surface area contributed by atoms with Crippen LogP contribution in [0.4, 0.5) is 13.2 Å². The molecule has 0 fully saturated rings. The van der Waals surface area contributed by atoms with Gasteiger partial charge in [-0.3, -0.25) is 4.79 Å². The van der Waals surface area contributed by atoms with Crippen LogP contribution < -0.4 is 10.1 Å². The second-order valence-electron chi connectivity index (χ2n) is 4.47. The molecule has 2 heterocycles. The summed E-state index contributed by atoms with van der Waals surface area (Å²) in [6.45, 7) is 0.110. The molecule has 1 amide bonds. The largest absolute Gasteiger partial charge is 0.475 e. The van der Waals surface area contributed by atoms with E-state index in [1.54, 1.807) is 17.8 Å². The molecule has 2 rings (SSSR count). The van der Waals surface area contributed by atoms with Crippen molar-refractivity contribution >= 4 is 17.5 Å². The maximum Gasteiger partial charge on any atom is 0.417 e. The standard InChI is InChI=1S/C13H12ClF3N4O2/c1-21-4-2-18-10(21)11(22)19-3-5-23-12-9(14)6-8(7-20-12)13(15,16)17/h2,4,6-7H,3,5H2,1H3,(H,19,22). The lowest BCUT2D eigenvalue weighted by atomic mass is 10.3. The molecule has 124 valence electrons. The number of imidazole rings is 1. The number of aromatic nitrogens is 3. The Balaban J connectivity index is 1.85. The second kappa shape index (κ2) is 6.86. The van der Waals surface area contributed by atoms with Crippen molar-refractivity contribution in [1.29, 1.82) is 0 Å². The van der Waals surface area contributed by atoms with Gasteiger partial charge in [0.15, 0.2) is 5.82 Å². The fourth-order valence-electron chi connectivity index (χ4n) is 1.66. The van der Waals surface area contributed by atoms with Crippen LogP contribution >= 0.6 is 11.6 Å². The van der Waals surface area contributed by atoms with Crippen molar-refractivity contribution in [3.05, 3.63) is 41.1 Å². The maximum absolute atomic E-state index is 12.5. The Morgan fingerprint density at radius 3 is 2.74 bits per heavy atom. The highest BCUT2D eigenvalue weighted by Gasteiger charge is 2.31. The van der Waals surface area contributed by atoms with Crippen LogP contribution in [-0.4, -0.2) is 33.6 Å². The lowest BCUT2D eigenvalue weighted by molar-refractivity contribution is -0.137. The minimum atomic E-state index is -4.52. The summed E-state index contributed by atoms with van der Waals surface area (Å²) in [5.41, 5.74) is -0.960. The Bertz CT molecular complexity index is 703. The van der Waals surface area contributed by atoms with E-state index in [0.29, 0.717) is 6.20 Å². The molecule has 0 radical (unpaired) electrons. The predicted molar refractivity (Wildman–Crippen MR) is 75.3 cm³/mol. The fourth-order valence-corrected chi connectivity index (χ4v) is 1.88. The number of carbonyl (C=O) groups is 1. The third-order valence-corrected chi connectivity index (χ3v) is 3.06. The molecular weight excluding hydrogens is 337 g/mol. The summed E-state index contributed by atoms with van der Waals surface area (Å²) in [6.07, 6.45) is -0.784. The second-order valence-corrected chi connectivity index (χ2v) is 4.88. The molecule has 0 atom stereocenters. The van der Waals surface area contributed by atoms with Gasteiger partial charge in [0.1, 0.15) is 11.6 Å². The van der Waals surface area contributed by atoms with Gasteiger partial charge >= 0.3 is 6.18 Å². The molecule has 0 unspecified atom stereocenters. The first-order valence-electron chi connectivity index (χ1n) is 6.40. The van der Waals surface area contributed by atoms with Gasteiger partial charge in [0.25, 0.3) is 5.91 Å². The molecule has 0 aliphatic rings. The molecule has 6 nitrogen and oxygen atoms in total. The van der Waals surface area contributed by atoms with Gasteiger partial charge in [0.05, 0.1) is 12.1 Å². The zero-order valence-corrected chi connectivity index (χ0v) is 12.6. The zero-order valence-electron chi connectivity index (χ0n) is 11.9. The Morgan fingerprint density at radius 1 is 1.43 bits per heavy atom. The quantitative estimate of drug-likeness (QED) is 0.842. The molecule has 0 spiro atoms. The number of pyridine rings is 1. The number of aryl methyl sites for hydroxylation is 1. The number of halogens is 4. The van der Waals surface area contributed by atoms with Crippen LogP contribution in [0.1, 0.15) is 16.2 Å². The molecule has 0 bridgehead atoms. The van der Waals surface area contributed by atoms with E-state index in [-0.39, 0.29) is 29.9 Å². The monoisotopic (exact) mass is 348 g/mol. The lowest BCUT2D eigenvalue weighted by Crippen LogP contribution is -2.30. The zero-order chi connectivity index (χ0) is 17.0. The molecule has 0 saturated heterocycles. The molecule has 0 saturated carbocycles. The SMILES string of the molecule is Cn1ccnc1C(=O)NCCOc1ncc(C(F)(F)F)cc1Cl. The van der Waals surface area contributed by atoms with Gasteiger partial charge in [0, 0.05) is 25.6 Å². The number of amides is 1. The van der Waals surface area contributed by atoms with E-state index in [1.165, 1.54) is 6.20 Å². The van der Waals surface area contributed by atoms with E-state index >= 15 is 0 Å². The minimum absolute atomic E-state index is 0.00571. The first-order chi connectivity index (χ1) is 10.8. The first-order valence-corrected chi connectivity index (χ1v) is 6.78. The average Bonchev–Trinajstić information content (AvgIpc) is 2.90. The molecule has 23 heavy (non-hydrogen) atoms. The van der Waals surface area contributed by atoms with E-state index in [0.717, 1.165) is 6.07 Å². The molecule has 2 aromatic rings. The third-order valence-electron chi connectivity index (χ3n) is 2.79. The van der Waals surface area contributed by atoms with Crippen LogP contribution in [0.15, 0.2) is 24.7 Å². The van der Waals surface area contributed by atoms with E-state index in [9.17, 15) is 18.0 Å². The number of rotatable bonds is 5. The van der Waals surface area contributed by atoms with Crippen LogP contribution in [-0.2, 0) is 13.2 Å². The van der Waals surface area contributed by atoms with E-state index in [4.69, 9.17) is 16.3 Å². The highest BCUT2D eigenvalue weighted by atomic mass is 35.5. The van der Waals surface area contributed by atoms with Gasteiger partial charge in [-0.15, -0.1) is 0 Å². The van der Waals surface area contributed by atoms with Crippen molar-refractivity contribution in [2.75, 3.05) is 13.2 Å². The van der Waals surface area contributed by atoms with Gasteiger partial charge in [-0.2, -0.15) is 13.2 Å². The molecule has 10 heteroatoms. The van der Waals surface area contributed by atoms with Crippen LogP contribution in [0.5, 0.6) is 5.88 Å². The molecule has 0 aliphatic carbocycles. The number of hydrogen-bond donors (Lipinski definition) is 1. The summed E-state index contributed by atoms with van der Waals surface area (Å²) in [7, 11) is 1.67. The molecule has 1 N–H and O–H groups in total. The Labute approximate surface area is 134 Å². The number of alkyl halides is 3. The normalized spacial score (nSPS) is 11.3. The van der Waals surface area contributed by atoms with Gasteiger partial charge in [-0.25, -0.2) is 9.97 Å². The van der Waals surface area contributed by atoms with E-state index in [1.807, 2.05) is 0 Å². The summed E-state index contributed by atoms with van der Waals surface area (Å²) in [5, 5.41) is 2.30. The Hall–Kier alpha value is -2.29. The van der Waals surface area contributed by atoms with Crippen LogP contribution in [0.2, 0.25) is 5.02 Å². The Kier molecular flexibility index (Phi) is 5.09. The summed E-state index contributed by atoms with van der Waals surface area (Å²) >= 11 is 5.69. The third kappa shape index (κ3) is 4.35. The molecular formula is C13H12ClF3N4O2. The van der Waals surface area contributed by atoms with Crippen LogP contribution in [0.25, 0.3) is 0 Å². The van der Waals surface area contributed by atoms with Crippen molar-refractivity contribution in [1.82, 2.24) is 19.9 Å². The van der Waals surface area contributed by atoms with Crippen molar-refractivity contribution in [2.45, 2.75) is 6.18 Å². The maximum atomic E-state index is 12.5. The lowest BCUT2D eigenvalue weighted by Gasteiger charge is -2.10. The molecule has 0 aliphatic heterocycles. The first kappa shape index (κ1) is 17.1. The highest BCUT2D eigenvalue weighted by Crippen LogP contribution is 2.32. The van der Waals surface area contributed by atoms with Crippen molar-refractivity contribution < 1.29 is 22.7 Å². The summed E-state index contributed by atoms with van der Waals surface area (Å²) in [5.74, 6) is -0.297. The van der Waals surface area contributed by atoms with E-state index < -0.39 is 17.6 Å². The summed E-state index contributed by atoms with van der Waals surface area (Å²) in [6, 6.07) is 0.732. The average molecular weight is 349 g/mol. The van der Waals surface area contributed by atoms with Gasteiger partial charge in [-0.05, 0) is 6.07 Å². The number of carbonyl (C=O) groups excluding carboxylic acids is 1. The predicted octanol–water partition coefficient (Wildman–Crippen LogP) is 2.30. The molecule has 0 aromatic carbocycles. The van der Waals surface area contributed by atoms with Gasteiger partial charge in [-0.1, -0.05) is 11.6 Å². The number of nitrogens with one attached hydrogen (secondary N) is 1. The van der Waals surface area contributed by atoms with Crippen LogP contribution in [0.3, 0.4) is 0 Å². The van der Waals surface area contributed by atoms with E-state index in [2.05, 4.69) is 15.3 Å².